The van der Waals surface area contributed by atoms with E-state index in [1.165, 1.54) is 0 Å². The number of rotatable bonds is 6. The Kier molecular flexibility index (Phi) is 5.88. The maximum atomic E-state index is 12.2. The summed E-state index contributed by atoms with van der Waals surface area (Å²) >= 11 is 6.11. The van der Waals surface area contributed by atoms with Crippen LogP contribution in [0.25, 0.3) is 0 Å². The van der Waals surface area contributed by atoms with E-state index in [0.29, 0.717) is 28.8 Å². The van der Waals surface area contributed by atoms with Crippen molar-refractivity contribution in [1.82, 2.24) is 10.2 Å². The highest BCUT2D eigenvalue weighted by atomic mass is 35.5. The van der Waals surface area contributed by atoms with Crippen molar-refractivity contribution in [2.45, 2.75) is 13.3 Å². The number of methoxy groups -OCH3 is 1. The lowest BCUT2D eigenvalue weighted by atomic mass is 10.1. The molecule has 138 valence electrons. The summed E-state index contributed by atoms with van der Waals surface area (Å²) in [7, 11) is 1.56. The Hall–Kier alpha value is -3.12. The van der Waals surface area contributed by atoms with E-state index >= 15 is 0 Å². The molecule has 2 aromatic carbocycles. The van der Waals surface area contributed by atoms with Crippen molar-refractivity contribution in [3.63, 3.8) is 0 Å². The van der Waals surface area contributed by atoms with Gasteiger partial charge in [-0.3, -0.25) is 4.79 Å². The maximum absolute atomic E-state index is 12.2. The molecular weight excluding hydrogens is 364 g/mol. The first-order valence-electron chi connectivity index (χ1n) is 8.34. The fourth-order valence-electron chi connectivity index (χ4n) is 2.53. The predicted molar refractivity (Wildman–Crippen MR) is 107 cm³/mol. The number of benzene rings is 2. The Morgan fingerprint density at radius 2 is 1.81 bits per heavy atom. The number of nitrogens with zero attached hydrogens (tertiary/aromatic N) is 2. The molecule has 6 nitrogen and oxygen atoms in total. The summed E-state index contributed by atoms with van der Waals surface area (Å²) in [6, 6.07) is 16.5. The molecule has 0 bridgehead atoms. The van der Waals surface area contributed by atoms with Crippen molar-refractivity contribution < 1.29 is 9.53 Å². The van der Waals surface area contributed by atoms with E-state index in [2.05, 4.69) is 20.8 Å². The highest BCUT2D eigenvalue weighted by Crippen LogP contribution is 2.28. The van der Waals surface area contributed by atoms with Gasteiger partial charge in [0.05, 0.1) is 18.6 Å². The number of amides is 1. The third kappa shape index (κ3) is 4.95. The van der Waals surface area contributed by atoms with Crippen LogP contribution in [0.2, 0.25) is 5.02 Å². The molecule has 7 heteroatoms. The number of hydrogen-bond acceptors (Lipinski definition) is 5. The molecule has 1 aromatic heterocycles. The largest absolute Gasteiger partial charge is 0.495 e. The van der Waals surface area contributed by atoms with Crippen LogP contribution in [0.5, 0.6) is 5.75 Å². The molecule has 0 radical (unpaired) electrons. The van der Waals surface area contributed by atoms with Gasteiger partial charge in [0.2, 0.25) is 5.91 Å². The molecule has 0 aliphatic carbocycles. The molecule has 0 saturated carbocycles. The summed E-state index contributed by atoms with van der Waals surface area (Å²) < 4.78 is 5.12. The van der Waals surface area contributed by atoms with Gasteiger partial charge in [0.25, 0.3) is 0 Å². The first kappa shape index (κ1) is 18.7. The lowest BCUT2D eigenvalue weighted by Crippen LogP contribution is -2.16. The summed E-state index contributed by atoms with van der Waals surface area (Å²) in [6.07, 6.45) is 0.290. The molecule has 0 spiro atoms. The van der Waals surface area contributed by atoms with Crippen molar-refractivity contribution in [2.75, 3.05) is 17.7 Å². The molecule has 0 saturated heterocycles. The van der Waals surface area contributed by atoms with E-state index < -0.39 is 0 Å². The number of halogens is 1. The van der Waals surface area contributed by atoms with E-state index in [-0.39, 0.29) is 5.91 Å². The van der Waals surface area contributed by atoms with E-state index in [0.717, 1.165) is 16.8 Å². The summed E-state index contributed by atoms with van der Waals surface area (Å²) in [5.41, 5.74) is 2.82. The summed E-state index contributed by atoms with van der Waals surface area (Å²) in [5, 5.41) is 14.5. The van der Waals surface area contributed by atoms with Gasteiger partial charge in [-0.05, 0) is 48.4 Å². The molecule has 0 unspecified atom stereocenters. The smallest absolute Gasteiger partial charge is 0.230 e. The second-order valence-corrected chi connectivity index (χ2v) is 6.34. The van der Waals surface area contributed by atoms with Crippen LogP contribution in [0.3, 0.4) is 0 Å². The molecule has 1 amide bonds. The minimum atomic E-state index is -0.138. The minimum absolute atomic E-state index is 0.138. The zero-order valence-electron chi connectivity index (χ0n) is 15.0. The van der Waals surface area contributed by atoms with Gasteiger partial charge in [0.1, 0.15) is 5.75 Å². The maximum Gasteiger partial charge on any atom is 0.230 e. The van der Waals surface area contributed by atoms with Crippen LogP contribution in [-0.2, 0) is 11.2 Å². The molecule has 0 aliphatic heterocycles. The minimum Gasteiger partial charge on any atom is -0.495 e. The first-order valence-corrected chi connectivity index (χ1v) is 8.71. The fraction of sp³-hybridized carbons (Fsp3) is 0.150. The molecule has 0 aliphatic rings. The Morgan fingerprint density at radius 1 is 1.07 bits per heavy atom. The van der Waals surface area contributed by atoms with Gasteiger partial charge < -0.3 is 15.4 Å². The lowest BCUT2D eigenvalue weighted by Gasteiger charge is -2.09. The molecule has 27 heavy (non-hydrogen) atoms. The van der Waals surface area contributed by atoms with Crippen LogP contribution in [0.4, 0.5) is 17.3 Å². The van der Waals surface area contributed by atoms with Crippen LogP contribution < -0.4 is 15.4 Å². The zero-order valence-corrected chi connectivity index (χ0v) is 15.7. The topological polar surface area (TPSA) is 76.1 Å². The molecule has 3 aromatic rings. The van der Waals surface area contributed by atoms with Gasteiger partial charge in [-0.15, -0.1) is 10.2 Å². The van der Waals surface area contributed by atoms with Crippen molar-refractivity contribution in [1.29, 1.82) is 0 Å². The molecule has 1 heterocycles. The fourth-order valence-corrected chi connectivity index (χ4v) is 2.78. The Bertz CT molecular complexity index is 945. The second-order valence-electron chi connectivity index (χ2n) is 5.93. The number of aromatic nitrogens is 2. The number of hydrogen-bond donors (Lipinski definition) is 2. The Labute approximate surface area is 162 Å². The van der Waals surface area contributed by atoms with Crippen molar-refractivity contribution in [2.24, 2.45) is 0 Å². The van der Waals surface area contributed by atoms with Crippen LogP contribution in [0.1, 0.15) is 11.1 Å². The van der Waals surface area contributed by atoms with Gasteiger partial charge >= 0.3 is 0 Å². The van der Waals surface area contributed by atoms with E-state index in [1.807, 2.05) is 37.3 Å². The normalized spacial score (nSPS) is 10.3. The molecular formula is C20H19ClN4O2. The van der Waals surface area contributed by atoms with E-state index in [4.69, 9.17) is 16.3 Å². The van der Waals surface area contributed by atoms with Gasteiger partial charge in [-0.2, -0.15) is 0 Å². The first-order chi connectivity index (χ1) is 13.0. The highest BCUT2D eigenvalue weighted by molar-refractivity contribution is 6.32. The van der Waals surface area contributed by atoms with Gasteiger partial charge in [-0.1, -0.05) is 35.9 Å². The number of nitrogens with one attached hydrogen (secondary N) is 2. The Balaban J connectivity index is 1.61. The van der Waals surface area contributed by atoms with Gasteiger partial charge in [0, 0.05) is 5.69 Å². The number of carbonyl (C=O) groups excluding carboxylic acids is 1. The summed E-state index contributed by atoms with van der Waals surface area (Å²) in [4.78, 5) is 12.2. The van der Waals surface area contributed by atoms with Crippen LogP contribution in [0.15, 0.2) is 54.6 Å². The number of anilines is 3. The zero-order chi connectivity index (χ0) is 19.2. The second kappa shape index (κ2) is 8.51. The van der Waals surface area contributed by atoms with E-state index in [9.17, 15) is 4.79 Å². The lowest BCUT2D eigenvalue weighted by molar-refractivity contribution is -0.115. The van der Waals surface area contributed by atoms with Gasteiger partial charge in [-0.25, -0.2) is 0 Å². The monoisotopic (exact) mass is 382 g/mol. The Morgan fingerprint density at radius 3 is 2.48 bits per heavy atom. The van der Waals surface area contributed by atoms with Crippen molar-refractivity contribution in [3.05, 3.63) is 70.7 Å². The predicted octanol–water partition coefficient (Wildman–Crippen LogP) is 4.37. The molecule has 0 fully saturated rings. The van der Waals surface area contributed by atoms with Crippen LogP contribution in [0, 0.1) is 6.92 Å². The van der Waals surface area contributed by atoms with Crippen LogP contribution in [-0.4, -0.2) is 23.2 Å². The van der Waals surface area contributed by atoms with E-state index in [1.54, 1.807) is 31.4 Å². The number of carbonyl (C=O) groups is 1. The number of aryl methyl sites for hydroxylation is 1. The SMILES string of the molecule is COc1ccc(Nc2ccc(NC(=O)Cc3ccccc3C)nn2)cc1Cl. The average Bonchev–Trinajstić information content (AvgIpc) is 2.65. The van der Waals surface area contributed by atoms with Gasteiger partial charge in [0.15, 0.2) is 11.6 Å². The number of ether oxygens (including phenoxy) is 1. The molecule has 0 atom stereocenters. The summed E-state index contributed by atoms with van der Waals surface area (Å²) in [5.74, 6) is 1.39. The molecule has 2 N–H and O–H groups in total. The quantitative estimate of drug-likeness (QED) is 0.662. The summed E-state index contributed by atoms with van der Waals surface area (Å²) in [6.45, 7) is 1.98. The third-order valence-corrected chi connectivity index (χ3v) is 4.26. The van der Waals surface area contributed by atoms with Crippen molar-refractivity contribution >= 4 is 34.8 Å². The molecule has 3 rings (SSSR count). The standard InChI is InChI=1S/C20H19ClN4O2/c1-13-5-3-4-6-14(13)11-20(26)23-19-10-9-18(24-25-19)22-15-7-8-17(27-2)16(21)12-15/h3-10,12H,11H2,1-2H3,(H,22,24)(H,23,25,26). The average molecular weight is 383 g/mol. The highest BCUT2D eigenvalue weighted by Gasteiger charge is 2.08. The third-order valence-electron chi connectivity index (χ3n) is 3.97. The van der Waals surface area contributed by atoms with Crippen LogP contribution >= 0.6 is 11.6 Å². The van der Waals surface area contributed by atoms with Crippen molar-refractivity contribution in [3.8, 4) is 5.75 Å².